The van der Waals surface area contributed by atoms with E-state index in [0.29, 0.717) is 6.04 Å². The van der Waals surface area contributed by atoms with Gasteiger partial charge in [-0.2, -0.15) is 0 Å². The van der Waals surface area contributed by atoms with Crippen LogP contribution in [0.25, 0.3) is 0 Å². The van der Waals surface area contributed by atoms with Gasteiger partial charge in [0.1, 0.15) is 0 Å². The van der Waals surface area contributed by atoms with Gasteiger partial charge in [-0.1, -0.05) is 49.4 Å². The van der Waals surface area contributed by atoms with Gasteiger partial charge in [-0.25, -0.2) is 0 Å². The molecule has 0 fully saturated rings. The fourth-order valence-corrected chi connectivity index (χ4v) is 2.08. The van der Waals surface area contributed by atoms with Crippen LogP contribution < -0.4 is 5.32 Å². The third kappa shape index (κ3) is 5.65. The summed E-state index contributed by atoms with van der Waals surface area (Å²) in [7, 11) is 2.13. The maximum absolute atomic E-state index is 4.18. The van der Waals surface area contributed by atoms with Crippen molar-refractivity contribution in [3.63, 3.8) is 0 Å². The molecule has 2 rings (SSSR count). The predicted octanol–water partition coefficient (Wildman–Crippen LogP) is 1.91. The molecule has 0 aliphatic rings. The molecule has 5 nitrogen and oxygen atoms in total. The van der Waals surface area contributed by atoms with Gasteiger partial charge in [0.25, 0.3) is 0 Å². The molecule has 0 spiro atoms. The minimum atomic E-state index is 0.465. The molecular weight excluding hydrogens is 262 g/mol. The monoisotopic (exact) mass is 287 g/mol. The molecule has 1 aromatic heterocycles. The molecule has 0 saturated heterocycles. The highest BCUT2D eigenvalue weighted by Gasteiger charge is 2.04. The van der Waals surface area contributed by atoms with Crippen molar-refractivity contribution in [2.75, 3.05) is 13.6 Å². The highest BCUT2D eigenvalue weighted by molar-refractivity contribution is 5.14. The van der Waals surface area contributed by atoms with E-state index in [1.807, 2.05) is 16.9 Å². The lowest BCUT2D eigenvalue weighted by Gasteiger charge is -2.16. The van der Waals surface area contributed by atoms with Gasteiger partial charge in [0.15, 0.2) is 0 Å². The Hall–Kier alpha value is -1.72. The largest absolute Gasteiger partial charge is 0.309 e. The summed E-state index contributed by atoms with van der Waals surface area (Å²) < 4.78 is 1.92. The van der Waals surface area contributed by atoms with E-state index in [4.69, 9.17) is 0 Å². The van der Waals surface area contributed by atoms with Gasteiger partial charge in [-0.05, 0) is 12.6 Å². The standard InChI is InChI=1S/C16H25N5/c1-14(2)17-11-16-13-21(19-18-16)10-9-20(3)12-15-7-5-4-6-8-15/h4-8,13-14,17H,9-12H2,1-3H3. The summed E-state index contributed by atoms with van der Waals surface area (Å²) in [5.74, 6) is 0. The maximum atomic E-state index is 4.18. The first kappa shape index (κ1) is 15.7. The first-order valence-electron chi connectivity index (χ1n) is 7.48. The zero-order valence-corrected chi connectivity index (χ0v) is 13.2. The summed E-state index contributed by atoms with van der Waals surface area (Å²) in [4.78, 5) is 2.29. The second kappa shape index (κ2) is 7.90. The molecule has 5 heteroatoms. The molecule has 1 heterocycles. The molecule has 21 heavy (non-hydrogen) atoms. The van der Waals surface area contributed by atoms with Crippen molar-refractivity contribution < 1.29 is 0 Å². The highest BCUT2D eigenvalue weighted by Crippen LogP contribution is 2.02. The van der Waals surface area contributed by atoms with Crippen molar-refractivity contribution in [2.45, 2.75) is 39.5 Å². The van der Waals surface area contributed by atoms with E-state index in [9.17, 15) is 0 Å². The minimum absolute atomic E-state index is 0.465. The van der Waals surface area contributed by atoms with Crippen molar-refractivity contribution in [3.05, 3.63) is 47.8 Å². The van der Waals surface area contributed by atoms with Crippen molar-refractivity contribution in [1.29, 1.82) is 0 Å². The topological polar surface area (TPSA) is 46.0 Å². The normalized spacial score (nSPS) is 11.5. The van der Waals surface area contributed by atoms with Crippen molar-refractivity contribution in [1.82, 2.24) is 25.2 Å². The van der Waals surface area contributed by atoms with Crippen LogP contribution in [0.15, 0.2) is 36.5 Å². The van der Waals surface area contributed by atoms with Crippen LogP contribution in [-0.2, 0) is 19.6 Å². The second-order valence-corrected chi connectivity index (χ2v) is 5.73. The minimum Gasteiger partial charge on any atom is -0.309 e. The van der Waals surface area contributed by atoms with Crippen LogP contribution in [0.1, 0.15) is 25.1 Å². The maximum Gasteiger partial charge on any atom is 0.0964 e. The average molecular weight is 287 g/mol. The molecule has 1 aromatic carbocycles. The molecular formula is C16H25N5. The Kier molecular flexibility index (Phi) is 5.90. The lowest BCUT2D eigenvalue weighted by atomic mass is 10.2. The van der Waals surface area contributed by atoms with Crippen LogP contribution in [-0.4, -0.2) is 39.5 Å². The number of benzene rings is 1. The summed E-state index contributed by atoms with van der Waals surface area (Å²) in [6.45, 7) is 7.80. The van der Waals surface area contributed by atoms with Gasteiger partial charge < -0.3 is 10.2 Å². The Balaban J connectivity index is 1.75. The van der Waals surface area contributed by atoms with Crippen LogP contribution >= 0.6 is 0 Å². The Bertz CT molecular complexity index is 520. The lowest BCUT2D eigenvalue weighted by Crippen LogP contribution is -2.23. The van der Waals surface area contributed by atoms with Crippen molar-refractivity contribution in [3.8, 4) is 0 Å². The molecule has 0 saturated carbocycles. The third-order valence-electron chi connectivity index (χ3n) is 3.28. The van der Waals surface area contributed by atoms with E-state index in [1.54, 1.807) is 0 Å². The van der Waals surface area contributed by atoms with Crippen molar-refractivity contribution >= 4 is 0 Å². The summed E-state index contributed by atoms with van der Waals surface area (Å²) in [5.41, 5.74) is 2.33. The number of nitrogens with one attached hydrogen (secondary N) is 1. The molecule has 0 aliphatic heterocycles. The summed E-state index contributed by atoms with van der Waals surface area (Å²) in [5, 5.41) is 11.7. The van der Waals surface area contributed by atoms with E-state index < -0.39 is 0 Å². The lowest BCUT2D eigenvalue weighted by molar-refractivity contribution is 0.304. The predicted molar refractivity (Wildman–Crippen MR) is 84.8 cm³/mol. The summed E-state index contributed by atoms with van der Waals surface area (Å²) >= 11 is 0. The number of hydrogen-bond donors (Lipinski definition) is 1. The zero-order valence-electron chi connectivity index (χ0n) is 13.2. The van der Waals surface area contributed by atoms with Crippen LogP contribution in [0.3, 0.4) is 0 Å². The van der Waals surface area contributed by atoms with E-state index >= 15 is 0 Å². The number of likely N-dealkylation sites (N-methyl/N-ethyl adjacent to an activating group) is 1. The van der Waals surface area contributed by atoms with E-state index in [2.05, 4.69) is 65.7 Å². The molecule has 2 aromatic rings. The fraction of sp³-hybridized carbons (Fsp3) is 0.500. The Labute approximate surface area is 127 Å². The number of aromatic nitrogens is 3. The molecule has 0 bridgehead atoms. The first-order chi connectivity index (χ1) is 10.1. The highest BCUT2D eigenvalue weighted by atomic mass is 15.4. The molecule has 1 N–H and O–H groups in total. The molecule has 0 amide bonds. The SMILES string of the molecule is CC(C)NCc1cn(CCN(C)Cc2ccccc2)nn1. The number of hydrogen-bond acceptors (Lipinski definition) is 4. The number of rotatable bonds is 8. The number of nitrogens with zero attached hydrogens (tertiary/aromatic N) is 4. The molecule has 0 atom stereocenters. The summed E-state index contributed by atoms with van der Waals surface area (Å²) in [6.07, 6.45) is 2.02. The van der Waals surface area contributed by atoms with Gasteiger partial charge >= 0.3 is 0 Å². The molecule has 114 valence electrons. The molecule has 0 radical (unpaired) electrons. The van der Waals surface area contributed by atoms with Gasteiger partial charge in [0.05, 0.1) is 12.2 Å². The van der Waals surface area contributed by atoms with Crippen LogP contribution in [0, 0.1) is 0 Å². The van der Waals surface area contributed by atoms with E-state index in [-0.39, 0.29) is 0 Å². The smallest absolute Gasteiger partial charge is 0.0964 e. The van der Waals surface area contributed by atoms with Crippen LogP contribution in [0.4, 0.5) is 0 Å². The Morgan fingerprint density at radius 1 is 1.24 bits per heavy atom. The first-order valence-corrected chi connectivity index (χ1v) is 7.48. The molecule has 0 aliphatic carbocycles. The molecule has 0 unspecified atom stereocenters. The zero-order chi connectivity index (χ0) is 15.1. The quantitative estimate of drug-likeness (QED) is 0.805. The summed E-state index contributed by atoms with van der Waals surface area (Å²) in [6, 6.07) is 11.0. The van der Waals surface area contributed by atoms with Gasteiger partial charge in [0.2, 0.25) is 0 Å². The van der Waals surface area contributed by atoms with Gasteiger partial charge in [0, 0.05) is 31.9 Å². The Morgan fingerprint density at radius 2 is 2.00 bits per heavy atom. The van der Waals surface area contributed by atoms with Gasteiger partial charge in [-0.15, -0.1) is 5.10 Å². The van der Waals surface area contributed by atoms with Crippen molar-refractivity contribution in [2.24, 2.45) is 0 Å². The van der Waals surface area contributed by atoms with Gasteiger partial charge in [-0.3, -0.25) is 4.68 Å². The van der Waals surface area contributed by atoms with E-state index in [0.717, 1.165) is 31.9 Å². The average Bonchev–Trinajstić information content (AvgIpc) is 2.92. The van der Waals surface area contributed by atoms with E-state index in [1.165, 1.54) is 5.56 Å². The second-order valence-electron chi connectivity index (χ2n) is 5.73. The fourth-order valence-electron chi connectivity index (χ4n) is 2.08. The van der Waals surface area contributed by atoms with Crippen LogP contribution in [0.5, 0.6) is 0 Å². The van der Waals surface area contributed by atoms with Crippen LogP contribution in [0.2, 0.25) is 0 Å². The Morgan fingerprint density at radius 3 is 2.71 bits per heavy atom. The third-order valence-corrected chi connectivity index (χ3v) is 3.28.